The van der Waals surface area contributed by atoms with Gasteiger partial charge in [0.15, 0.2) is 0 Å². The quantitative estimate of drug-likeness (QED) is 0.291. The lowest BCUT2D eigenvalue weighted by molar-refractivity contribution is -0.140. The van der Waals surface area contributed by atoms with Crippen LogP contribution in [-0.2, 0) is 16.1 Å². The Hall–Kier alpha value is -4.12. The first kappa shape index (κ1) is 18.9. The zero-order valence-corrected chi connectivity index (χ0v) is 16.6. The summed E-state index contributed by atoms with van der Waals surface area (Å²) in [6.07, 6.45) is 1.53. The number of Topliss-reactive ketones (excluding diaryl/α,β-unsaturated/α-hetero) is 1. The molecule has 0 bridgehead atoms. The summed E-state index contributed by atoms with van der Waals surface area (Å²) in [6.45, 7) is 0.128. The monoisotopic (exact) mass is 409 g/mol. The standard InChI is InChI=1S/C26H19NO4/c28-24(21-14-6-11-17-8-4-5-13-20(17)21)22-23(18-9-2-1-3-10-18)27(26(30)25(22)29)16-19-12-7-15-31-19/h1-15,23,28H,16H2/b24-22-. The number of furan rings is 1. The van der Waals surface area contributed by atoms with Crippen molar-refractivity contribution in [1.29, 1.82) is 0 Å². The molecule has 1 fully saturated rings. The Kier molecular flexibility index (Phi) is 4.64. The van der Waals surface area contributed by atoms with Crippen LogP contribution in [0.2, 0.25) is 0 Å². The first-order chi connectivity index (χ1) is 15.1. The molecular weight excluding hydrogens is 390 g/mol. The van der Waals surface area contributed by atoms with Crippen LogP contribution in [0.4, 0.5) is 0 Å². The fraction of sp³-hybridized carbons (Fsp3) is 0.0769. The van der Waals surface area contributed by atoms with Gasteiger partial charge < -0.3 is 14.4 Å². The summed E-state index contributed by atoms with van der Waals surface area (Å²) < 4.78 is 5.42. The maximum Gasteiger partial charge on any atom is 0.296 e. The van der Waals surface area contributed by atoms with Gasteiger partial charge in [-0.1, -0.05) is 72.8 Å². The van der Waals surface area contributed by atoms with Crippen LogP contribution in [0, 0.1) is 0 Å². The van der Waals surface area contributed by atoms with Crippen molar-refractivity contribution >= 4 is 28.2 Å². The highest BCUT2D eigenvalue weighted by Gasteiger charge is 2.46. The minimum atomic E-state index is -0.717. The molecule has 152 valence electrons. The number of carbonyl (C=O) groups excluding carboxylic acids is 2. The molecule has 1 atom stereocenters. The van der Waals surface area contributed by atoms with Gasteiger partial charge in [0.25, 0.3) is 11.7 Å². The van der Waals surface area contributed by atoms with Crippen molar-refractivity contribution in [2.75, 3.05) is 0 Å². The van der Waals surface area contributed by atoms with Crippen molar-refractivity contribution in [2.24, 2.45) is 0 Å². The Morgan fingerprint density at radius 2 is 1.61 bits per heavy atom. The van der Waals surface area contributed by atoms with Gasteiger partial charge in [-0.25, -0.2) is 0 Å². The number of hydrogen-bond donors (Lipinski definition) is 1. The Bertz CT molecular complexity index is 1300. The third-order valence-corrected chi connectivity index (χ3v) is 5.61. The van der Waals surface area contributed by atoms with Crippen LogP contribution >= 0.6 is 0 Å². The summed E-state index contributed by atoms with van der Waals surface area (Å²) in [5.74, 6) is -0.975. The number of aliphatic hydroxyl groups is 1. The number of hydrogen-bond acceptors (Lipinski definition) is 4. The number of amides is 1. The molecule has 1 aromatic heterocycles. The molecule has 4 aromatic rings. The molecule has 3 aromatic carbocycles. The number of carbonyl (C=O) groups is 2. The van der Waals surface area contributed by atoms with Crippen LogP contribution in [0.3, 0.4) is 0 Å². The molecule has 1 unspecified atom stereocenters. The summed E-state index contributed by atoms with van der Waals surface area (Å²) in [4.78, 5) is 27.6. The van der Waals surface area contributed by atoms with Gasteiger partial charge in [0.1, 0.15) is 11.5 Å². The molecule has 1 saturated heterocycles. The average molecular weight is 409 g/mol. The van der Waals surface area contributed by atoms with E-state index in [2.05, 4.69) is 0 Å². The van der Waals surface area contributed by atoms with E-state index < -0.39 is 17.7 Å². The van der Waals surface area contributed by atoms with Crippen molar-refractivity contribution in [3.63, 3.8) is 0 Å². The number of fused-ring (bicyclic) bond motifs is 1. The third-order valence-electron chi connectivity index (χ3n) is 5.61. The number of aliphatic hydroxyl groups excluding tert-OH is 1. The van der Waals surface area contributed by atoms with E-state index in [0.717, 1.165) is 16.3 Å². The lowest BCUT2D eigenvalue weighted by Crippen LogP contribution is -2.29. The molecule has 1 aliphatic heterocycles. The Labute approximate surface area is 178 Å². The van der Waals surface area contributed by atoms with Crippen LogP contribution < -0.4 is 0 Å². The number of likely N-dealkylation sites (tertiary alicyclic amines) is 1. The molecule has 5 heteroatoms. The Balaban J connectivity index is 1.71. The van der Waals surface area contributed by atoms with E-state index in [0.29, 0.717) is 11.3 Å². The summed E-state index contributed by atoms with van der Waals surface area (Å²) in [5.41, 5.74) is 1.35. The molecular formula is C26H19NO4. The topological polar surface area (TPSA) is 70.8 Å². The predicted molar refractivity (Wildman–Crippen MR) is 117 cm³/mol. The number of rotatable bonds is 4. The van der Waals surface area contributed by atoms with Gasteiger partial charge >= 0.3 is 0 Å². The summed E-state index contributed by atoms with van der Waals surface area (Å²) >= 11 is 0. The second kappa shape index (κ2) is 7.61. The van der Waals surface area contributed by atoms with Crippen molar-refractivity contribution in [3.05, 3.63) is 114 Å². The van der Waals surface area contributed by atoms with Crippen LogP contribution in [0.5, 0.6) is 0 Å². The summed E-state index contributed by atoms with van der Waals surface area (Å²) in [7, 11) is 0. The molecule has 5 rings (SSSR count). The lowest BCUT2D eigenvalue weighted by atomic mass is 9.93. The van der Waals surface area contributed by atoms with Gasteiger partial charge in [-0.2, -0.15) is 0 Å². The highest BCUT2D eigenvalue weighted by atomic mass is 16.3. The zero-order valence-electron chi connectivity index (χ0n) is 16.6. The van der Waals surface area contributed by atoms with Gasteiger partial charge in [0.2, 0.25) is 0 Å². The zero-order chi connectivity index (χ0) is 21.4. The maximum absolute atomic E-state index is 13.1. The molecule has 31 heavy (non-hydrogen) atoms. The van der Waals surface area contributed by atoms with Gasteiger partial charge in [-0.3, -0.25) is 9.59 Å². The van der Waals surface area contributed by atoms with Crippen LogP contribution in [-0.4, -0.2) is 21.7 Å². The van der Waals surface area contributed by atoms with Crippen LogP contribution in [0.15, 0.2) is 101 Å². The predicted octanol–water partition coefficient (Wildman–Crippen LogP) is 5.05. The van der Waals surface area contributed by atoms with Crippen LogP contribution in [0.1, 0.15) is 22.9 Å². The van der Waals surface area contributed by atoms with E-state index in [1.807, 2.05) is 66.7 Å². The maximum atomic E-state index is 13.1. The molecule has 5 nitrogen and oxygen atoms in total. The highest BCUT2D eigenvalue weighted by molar-refractivity contribution is 6.46. The smallest absolute Gasteiger partial charge is 0.296 e. The van der Waals surface area contributed by atoms with Crippen molar-refractivity contribution in [2.45, 2.75) is 12.6 Å². The van der Waals surface area contributed by atoms with E-state index in [-0.39, 0.29) is 17.9 Å². The van der Waals surface area contributed by atoms with Crippen molar-refractivity contribution in [3.8, 4) is 0 Å². The number of ketones is 1. The molecule has 1 N–H and O–H groups in total. The Morgan fingerprint density at radius 1 is 0.871 bits per heavy atom. The van der Waals surface area contributed by atoms with Crippen molar-refractivity contribution < 1.29 is 19.1 Å². The molecule has 0 aliphatic carbocycles. The molecule has 2 heterocycles. The fourth-order valence-corrected chi connectivity index (χ4v) is 4.17. The highest BCUT2D eigenvalue weighted by Crippen LogP contribution is 2.41. The third kappa shape index (κ3) is 3.20. The molecule has 0 spiro atoms. The molecule has 0 radical (unpaired) electrons. The normalized spacial score (nSPS) is 18.1. The SMILES string of the molecule is O=C1C(=O)N(Cc2ccco2)C(c2ccccc2)/C1=C(/O)c1cccc2ccccc12. The minimum absolute atomic E-state index is 0.0825. The van der Waals surface area contributed by atoms with E-state index in [4.69, 9.17) is 4.42 Å². The van der Waals surface area contributed by atoms with Crippen molar-refractivity contribution in [1.82, 2.24) is 4.90 Å². The van der Waals surface area contributed by atoms with Crippen LogP contribution in [0.25, 0.3) is 16.5 Å². The molecule has 0 saturated carbocycles. The van der Waals surface area contributed by atoms with Gasteiger partial charge in [-0.05, 0) is 28.5 Å². The first-order valence-corrected chi connectivity index (χ1v) is 9.99. The average Bonchev–Trinajstić information content (AvgIpc) is 3.41. The van der Waals surface area contributed by atoms with E-state index in [1.165, 1.54) is 11.2 Å². The molecule has 1 aliphatic rings. The summed E-state index contributed by atoms with van der Waals surface area (Å²) in [6, 6.07) is 25.2. The van der Waals surface area contributed by atoms with Gasteiger partial charge in [0.05, 0.1) is 24.4 Å². The van der Waals surface area contributed by atoms with E-state index in [1.54, 1.807) is 18.2 Å². The first-order valence-electron chi connectivity index (χ1n) is 9.99. The molecule has 1 amide bonds. The van der Waals surface area contributed by atoms with Gasteiger partial charge in [0, 0.05) is 5.56 Å². The van der Waals surface area contributed by atoms with Gasteiger partial charge in [-0.15, -0.1) is 0 Å². The number of nitrogens with zero attached hydrogens (tertiary/aromatic N) is 1. The van der Waals surface area contributed by atoms with E-state index >= 15 is 0 Å². The fourth-order valence-electron chi connectivity index (χ4n) is 4.17. The van der Waals surface area contributed by atoms with E-state index in [9.17, 15) is 14.7 Å². The largest absolute Gasteiger partial charge is 0.507 e. The number of benzene rings is 3. The minimum Gasteiger partial charge on any atom is -0.507 e. The Morgan fingerprint density at radius 3 is 2.39 bits per heavy atom. The summed E-state index contributed by atoms with van der Waals surface area (Å²) in [5, 5.41) is 13.1. The second-order valence-electron chi connectivity index (χ2n) is 7.44. The second-order valence-corrected chi connectivity index (χ2v) is 7.44. The lowest BCUT2D eigenvalue weighted by Gasteiger charge is -2.24.